The molecule has 4 heterocycles. The van der Waals surface area contributed by atoms with Crippen LogP contribution in [0.2, 0.25) is 0 Å². The molecule has 1 saturated carbocycles. The number of hydrogen-bond acceptors (Lipinski definition) is 6. The van der Waals surface area contributed by atoms with E-state index in [9.17, 15) is 14.4 Å². The van der Waals surface area contributed by atoms with Crippen molar-refractivity contribution in [2.45, 2.75) is 62.1 Å². The predicted molar refractivity (Wildman–Crippen MR) is 216 cm³/mol. The van der Waals surface area contributed by atoms with Gasteiger partial charge in [0, 0.05) is 13.1 Å². The number of aromatic nitrogens is 4. The number of aromatic amines is 2. The number of amides is 3. The van der Waals surface area contributed by atoms with Crippen molar-refractivity contribution in [1.29, 1.82) is 0 Å². The van der Waals surface area contributed by atoms with Gasteiger partial charge in [-0.1, -0.05) is 109 Å². The monoisotopic (exact) mass is 759 g/mol. The first-order valence-corrected chi connectivity index (χ1v) is 19.8. The smallest absolute Gasteiger partial charge is 0.407 e. The van der Waals surface area contributed by atoms with E-state index in [2.05, 4.69) is 80.8 Å². The normalized spacial score (nSPS) is 19.0. The van der Waals surface area contributed by atoms with E-state index in [1.807, 2.05) is 60.9 Å². The Hall–Kier alpha value is -6.49. The van der Waals surface area contributed by atoms with Gasteiger partial charge in [-0.2, -0.15) is 0 Å². The van der Waals surface area contributed by atoms with Crippen LogP contribution in [-0.4, -0.2) is 67.8 Å². The van der Waals surface area contributed by atoms with Gasteiger partial charge in [-0.3, -0.25) is 9.59 Å². The summed E-state index contributed by atoms with van der Waals surface area (Å²) in [5.74, 6) is 1.59. The zero-order valence-electron chi connectivity index (χ0n) is 31.9. The SMILES string of the molecule is COC(=O)N[C@@H](C(=O)N1CCC[C@H]1c1ncc(-c2ccc(-c3ccc(-c4cnc([C@@H]5CCCN5C(=O)C5(c6ccccc6)CC5)[nH]4)cc3)cc2)[nH]1)c1ccccc1. The highest BCUT2D eigenvalue weighted by Crippen LogP contribution is 2.51. The van der Waals surface area contributed by atoms with Crippen molar-refractivity contribution in [3.8, 4) is 33.6 Å². The fourth-order valence-electron chi connectivity index (χ4n) is 8.66. The molecule has 0 spiro atoms. The molecule has 3 aliphatic rings. The molecule has 0 bridgehead atoms. The van der Waals surface area contributed by atoms with Crippen molar-refractivity contribution in [1.82, 2.24) is 35.1 Å². The Morgan fingerprint density at radius 2 is 1.18 bits per heavy atom. The summed E-state index contributed by atoms with van der Waals surface area (Å²) in [7, 11) is 1.29. The molecule has 2 saturated heterocycles. The fraction of sp³-hybridized carbons (Fsp3) is 0.283. The lowest BCUT2D eigenvalue weighted by atomic mass is 9.94. The van der Waals surface area contributed by atoms with E-state index in [0.29, 0.717) is 17.9 Å². The van der Waals surface area contributed by atoms with Crippen LogP contribution in [0.3, 0.4) is 0 Å². The van der Waals surface area contributed by atoms with Gasteiger partial charge in [0.25, 0.3) is 5.91 Å². The number of H-pyrrole nitrogens is 2. The molecule has 3 atom stereocenters. The zero-order valence-corrected chi connectivity index (χ0v) is 31.9. The van der Waals surface area contributed by atoms with E-state index in [0.717, 1.165) is 90.1 Å². The minimum atomic E-state index is -0.868. The summed E-state index contributed by atoms with van der Waals surface area (Å²) in [4.78, 5) is 60.4. The first kappa shape index (κ1) is 36.2. The molecule has 0 radical (unpaired) electrons. The molecule has 1 aliphatic carbocycles. The Balaban J connectivity index is 0.860. The first-order chi connectivity index (χ1) is 27.9. The zero-order chi connectivity index (χ0) is 38.9. The molecule has 57 heavy (non-hydrogen) atoms. The number of likely N-dealkylation sites (tertiary alicyclic amines) is 2. The molecule has 4 aromatic carbocycles. The second-order valence-electron chi connectivity index (χ2n) is 15.3. The van der Waals surface area contributed by atoms with Crippen LogP contribution in [0.25, 0.3) is 33.6 Å². The summed E-state index contributed by atoms with van der Waals surface area (Å²) in [6, 6.07) is 35.1. The molecule has 6 aromatic rings. The van der Waals surface area contributed by atoms with Gasteiger partial charge in [0.15, 0.2) is 0 Å². The summed E-state index contributed by atoms with van der Waals surface area (Å²) in [6.45, 7) is 1.33. The number of ether oxygens (including phenoxy) is 1. The van der Waals surface area contributed by atoms with Gasteiger partial charge in [-0.05, 0) is 71.9 Å². The maximum atomic E-state index is 13.9. The van der Waals surface area contributed by atoms with Gasteiger partial charge in [0.2, 0.25) is 5.91 Å². The van der Waals surface area contributed by atoms with E-state index >= 15 is 0 Å². The Labute approximate surface area is 331 Å². The van der Waals surface area contributed by atoms with Crippen molar-refractivity contribution in [2.24, 2.45) is 0 Å². The van der Waals surface area contributed by atoms with Crippen molar-refractivity contribution < 1.29 is 19.1 Å². The van der Waals surface area contributed by atoms with Crippen LogP contribution in [0.15, 0.2) is 122 Å². The van der Waals surface area contributed by atoms with Gasteiger partial charge < -0.3 is 29.8 Å². The highest BCUT2D eigenvalue weighted by Gasteiger charge is 2.54. The Morgan fingerprint density at radius 3 is 1.70 bits per heavy atom. The summed E-state index contributed by atoms with van der Waals surface area (Å²) in [6.07, 6.45) is 8.31. The van der Waals surface area contributed by atoms with Crippen molar-refractivity contribution in [3.63, 3.8) is 0 Å². The molecule has 3 fully saturated rings. The number of nitrogens with zero attached hydrogens (tertiary/aromatic N) is 4. The Kier molecular flexibility index (Phi) is 9.65. The number of rotatable bonds is 10. The van der Waals surface area contributed by atoms with Crippen LogP contribution >= 0.6 is 0 Å². The lowest BCUT2D eigenvalue weighted by molar-refractivity contribution is -0.135. The highest BCUT2D eigenvalue weighted by molar-refractivity contribution is 5.92. The predicted octanol–water partition coefficient (Wildman–Crippen LogP) is 8.29. The lowest BCUT2D eigenvalue weighted by Gasteiger charge is -2.28. The summed E-state index contributed by atoms with van der Waals surface area (Å²) >= 11 is 0. The molecule has 9 rings (SSSR count). The molecule has 11 nitrogen and oxygen atoms in total. The average molecular weight is 760 g/mol. The molecule has 2 aromatic heterocycles. The van der Waals surface area contributed by atoms with Crippen molar-refractivity contribution >= 4 is 17.9 Å². The quantitative estimate of drug-likeness (QED) is 0.129. The van der Waals surface area contributed by atoms with Crippen LogP contribution in [0.5, 0.6) is 0 Å². The second-order valence-corrected chi connectivity index (χ2v) is 15.3. The third-order valence-corrected chi connectivity index (χ3v) is 11.9. The highest BCUT2D eigenvalue weighted by atomic mass is 16.5. The topological polar surface area (TPSA) is 136 Å². The second kappa shape index (κ2) is 15.2. The minimum absolute atomic E-state index is 0.0434. The van der Waals surface area contributed by atoms with Crippen molar-refractivity contribution in [2.75, 3.05) is 20.2 Å². The fourth-order valence-corrected chi connectivity index (χ4v) is 8.66. The molecular weight excluding hydrogens is 715 g/mol. The van der Waals surface area contributed by atoms with Crippen molar-refractivity contribution in [3.05, 3.63) is 144 Å². The largest absolute Gasteiger partial charge is 0.453 e. The summed E-state index contributed by atoms with van der Waals surface area (Å²) in [5.41, 5.74) is 7.42. The van der Waals surface area contributed by atoms with Gasteiger partial charge in [0.1, 0.15) is 17.7 Å². The Morgan fingerprint density at radius 1 is 0.684 bits per heavy atom. The number of nitrogens with one attached hydrogen (secondary N) is 3. The van der Waals surface area contributed by atoms with Gasteiger partial charge in [-0.15, -0.1) is 0 Å². The van der Waals surface area contributed by atoms with E-state index in [4.69, 9.17) is 14.7 Å². The number of carbonyl (C=O) groups excluding carboxylic acids is 3. The average Bonchev–Trinajstić information content (AvgIpc) is 3.80. The molecule has 3 amide bonds. The van der Waals surface area contributed by atoms with Crippen LogP contribution < -0.4 is 5.32 Å². The number of methoxy groups -OCH3 is 1. The lowest BCUT2D eigenvalue weighted by Crippen LogP contribution is -2.42. The van der Waals surface area contributed by atoms with Crippen LogP contribution in [0, 0.1) is 0 Å². The third kappa shape index (κ3) is 6.98. The number of hydrogen-bond donors (Lipinski definition) is 3. The van der Waals surface area contributed by atoms with E-state index in [1.165, 1.54) is 7.11 Å². The number of alkyl carbamates (subject to hydrolysis) is 1. The van der Waals surface area contributed by atoms with E-state index in [1.54, 1.807) is 4.90 Å². The molecule has 2 aliphatic heterocycles. The van der Waals surface area contributed by atoms with Crippen LogP contribution in [-0.2, 0) is 19.7 Å². The van der Waals surface area contributed by atoms with Crippen LogP contribution in [0.1, 0.15) is 79.4 Å². The molecule has 288 valence electrons. The first-order valence-electron chi connectivity index (χ1n) is 19.8. The number of carbonyl (C=O) groups is 3. The van der Waals surface area contributed by atoms with Gasteiger partial charge in [0.05, 0.1) is 48.4 Å². The third-order valence-electron chi connectivity index (χ3n) is 11.9. The van der Waals surface area contributed by atoms with Crippen LogP contribution in [0.4, 0.5) is 4.79 Å². The van der Waals surface area contributed by atoms with E-state index < -0.39 is 12.1 Å². The molecule has 3 N–H and O–H groups in total. The summed E-state index contributed by atoms with van der Waals surface area (Å²) < 4.78 is 4.83. The number of benzene rings is 4. The maximum absolute atomic E-state index is 13.9. The molecule has 0 unspecified atom stereocenters. The summed E-state index contributed by atoms with van der Waals surface area (Å²) in [5, 5.41) is 2.72. The van der Waals surface area contributed by atoms with Gasteiger partial charge >= 0.3 is 6.09 Å². The maximum Gasteiger partial charge on any atom is 0.407 e. The van der Waals surface area contributed by atoms with E-state index in [-0.39, 0.29) is 29.3 Å². The Bertz CT molecular complexity index is 2370. The molecule has 11 heteroatoms. The van der Waals surface area contributed by atoms with Gasteiger partial charge in [-0.25, -0.2) is 14.8 Å². The molecular formula is C46H45N7O4. The number of imidazole rings is 2. The minimum Gasteiger partial charge on any atom is -0.453 e. The standard InChI is InChI=1S/C46H45N7O4/c1-57-45(56)51-40(34-10-4-2-5-11-34)43(54)52-26-8-14-38(52)41-47-28-36(49-41)32-20-16-30(17-21-32)31-18-22-33(23-19-31)37-29-48-42(50-37)39-15-9-27-53(39)44(55)46(24-25-46)35-12-6-3-7-13-35/h2-7,10-13,16-23,28-29,38-40H,8-9,14-15,24-27H2,1H3,(H,47,49)(H,48,50)(H,51,56)/t38-,39-,40+/m0/s1.